The molecule has 2 aromatic carbocycles. The van der Waals surface area contributed by atoms with Crippen LogP contribution in [0.25, 0.3) is 10.1 Å². The van der Waals surface area contributed by atoms with Crippen molar-refractivity contribution in [2.24, 2.45) is 0 Å². The van der Waals surface area contributed by atoms with Gasteiger partial charge in [-0.05, 0) is 42.0 Å². The molecule has 0 N–H and O–H groups in total. The molecule has 0 aliphatic rings. The number of nitro groups is 1. The summed E-state index contributed by atoms with van der Waals surface area (Å²) in [6.45, 7) is 0. The van der Waals surface area contributed by atoms with Crippen LogP contribution in [0, 0.1) is 10.1 Å². The van der Waals surface area contributed by atoms with Crippen molar-refractivity contribution < 1.29 is 4.92 Å². The fourth-order valence-electron chi connectivity index (χ4n) is 2.41. The Hall–Kier alpha value is -2.24. The minimum Gasteiger partial charge on any atom is -0.278 e. The van der Waals surface area contributed by atoms with Crippen LogP contribution in [0.1, 0.15) is 11.1 Å². The topological polar surface area (TPSA) is 60.2 Å². The van der Waals surface area contributed by atoms with Gasteiger partial charge in [-0.1, -0.05) is 47.2 Å². The molecule has 1 heterocycles. The molecule has 0 bridgehead atoms. The van der Waals surface area contributed by atoms with E-state index in [2.05, 4.69) is 0 Å². The minimum atomic E-state index is -0.497. The lowest BCUT2D eigenvalue weighted by Gasteiger charge is -2.04. The maximum atomic E-state index is 12.2. The van der Waals surface area contributed by atoms with Gasteiger partial charge in [0.25, 0.3) is 5.69 Å². The molecule has 0 amide bonds. The van der Waals surface area contributed by atoms with Gasteiger partial charge in [-0.3, -0.25) is 14.9 Å². The van der Waals surface area contributed by atoms with Gasteiger partial charge in [0.2, 0.25) is 4.74 Å². The van der Waals surface area contributed by atoms with Crippen molar-refractivity contribution in [3.63, 3.8) is 0 Å². The van der Waals surface area contributed by atoms with Gasteiger partial charge in [-0.2, -0.15) is 0 Å². The zero-order valence-electron chi connectivity index (χ0n) is 12.0. The molecule has 0 saturated heterocycles. The summed E-state index contributed by atoms with van der Waals surface area (Å²) in [6, 6.07) is 14.4. The van der Waals surface area contributed by atoms with Crippen LogP contribution in [0.2, 0.25) is 5.02 Å². The summed E-state index contributed by atoms with van der Waals surface area (Å²) in [6.07, 6.45) is 1.09. The number of nitro benzene ring substituents is 1. The predicted octanol–water partition coefficient (Wildman–Crippen LogP) is 4.61. The molecule has 6 heteroatoms. The minimum absolute atomic E-state index is 0.0344. The third-order valence-electron chi connectivity index (χ3n) is 3.60. The van der Waals surface area contributed by atoms with E-state index in [4.69, 9.17) is 11.6 Å². The van der Waals surface area contributed by atoms with Gasteiger partial charge in [-0.25, -0.2) is 0 Å². The average molecular weight is 346 g/mol. The lowest BCUT2D eigenvalue weighted by molar-refractivity contribution is -0.384. The molecule has 4 nitrogen and oxygen atoms in total. The standard InChI is InChI=1S/C17H12ClNO3S/c18-14-8-6-11(9-15(14)19(21)22)5-7-13-10-12-3-1-2-4-16(12)23-17(13)20/h1-4,6,8-10H,5,7H2. The van der Waals surface area contributed by atoms with Crippen molar-refractivity contribution in [3.05, 3.63) is 84.3 Å². The highest BCUT2D eigenvalue weighted by Crippen LogP contribution is 2.26. The average Bonchev–Trinajstić information content (AvgIpc) is 2.53. The number of aryl methyl sites for hydroxylation is 2. The van der Waals surface area contributed by atoms with Crippen molar-refractivity contribution in [1.29, 1.82) is 0 Å². The van der Waals surface area contributed by atoms with E-state index in [1.165, 1.54) is 23.5 Å². The molecule has 0 aliphatic heterocycles. The first kappa shape index (κ1) is 15.6. The van der Waals surface area contributed by atoms with E-state index in [-0.39, 0.29) is 15.5 Å². The van der Waals surface area contributed by atoms with Gasteiger partial charge in [0.1, 0.15) is 5.02 Å². The van der Waals surface area contributed by atoms with Crippen LogP contribution in [-0.2, 0) is 12.8 Å². The van der Waals surface area contributed by atoms with Gasteiger partial charge in [0.05, 0.1) is 4.92 Å². The number of fused-ring (bicyclic) bond motifs is 1. The Morgan fingerprint density at radius 2 is 1.87 bits per heavy atom. The second kappa shape index (κ2) is 6.48. The molecule has 0 spiro atoms. The van der Waals surface area contributed by atoms with Crippen LogP contribution >= 0.6 is 22.9 Å². The molecular formula is C17H12ClNO3S. The number of hydrogen-bond acceptors (Lipinski definition) is 4. The van der Waals surface area contributed by atoms with Gasteiger partial charge >= 0.3 is 0 Å². The van der Waals surface area contributed by atoms with Crippen LogP contribution < -0.4 is 4.74 Å². The molecule has 3 aromatic rings. The molecule has 1 aromatic heterocycles. The van der Waals surface area contributed by atoms with E-state index < -0.39 is 4.92 Å². The fourth-order valence-corrected chi connectivity index (χ4v) is 3.48. The highest BCUT2D eigenvalue weighted by molar-refractivity contribution is 7.16. The van der Waals surface area contributed by atoms with Crippen LogP contribution in [0.15, 0.2) is 53.3 Å². The Labute approximate surface area is 141 Å². The maximum Gasteiger partial charge on any atom is 0.288 e. The molecule has 0 atom stereocenters. The summed E-state index contributed by atoms with van der Waals surface area (Å²) >= 11 is 7.04. The molecule has 0 aliphatic carbocycles. The largest absolute Gasteiger partial charge is 0.288 e. The number of halogens is 1. The Morgan fingerprint density at radius 1 is 1.09 bits per heavy atom. The molecule has 0 radical (unpaired) electrons. The maximum absolute atomic E-state index is 12.2. The molecule has 0 saturated carbocycles. The van der Waals surface area contributed by atoms with Gasteiger partial charge in [-0.15, -0.1) is 0 Å². The normalized spacial score (nSPS) is 10.8. The van der Waals surface area contributed by atoms with Crippen molar-refractivity contribution in [1.82, 2.24) is 0 Å². The summed E-state index contributed by atoms with van der Waals surface area (Å²) in [5.74, 6) is 0. The quantitative estimate of drug-likeness (QED) is 0.512. The third kappa shape index (κ3) is 3.41. The summed E-state index contributed by atoms with van der Waals surface area (Å²) in [7, 11) is 0. The van der Waals surface area contributed by atoms with E-state index in [1.54, 1.807) is 6.07 Å². The second-order valence-corrected chi connectivity index (χ2v) is 6.56. The lowest BCUT2D eigenvalue weighted by atomic mass is 10.0. The highest BCUT2D eigenvalue weighted by Gasteiger charge is 2.13. The first-order valence-corrected chi connectivity index (χ1v) is 8.18. The van der Waals surface area contributed by atoms with Crippen LogP contribution in [0.3, 0.4) is 0 Å². The van der Waals surface area contributed by atoms with E-state index in [1.807, 2.05) is 30.3 Å². The Morgan fingerprint density at radius 3 is 2.65 bits per heavy atom. The lowest BCUT2D eigenvalue weighted by Crippen LogP contribution is -2.05. The van der Waals surface area contributed by atoms with Crippen molar-refractivity contribution >= 4 is 38.7 Å². The Kier molecular flexibility index (Phi) is 4.41. The van der Waals surface area contributed by atoms with Gasteiger partial charge < -0.3 is 0 Å². The molecule has 3 rings (SSSR count). The summed E-state index contributed by atoms with van der Waals surface area (Å²) < 4.78 is 0.996. The monoisotopic (exact) mass is 345 g/mol. The van der Waals surface area contributed by atoms with E-state index >= 15 is 0 Å². The Bertz CT molecular complexity index is 952. The van der Waals surface area contributed by atoms with E-state index in [0.717, 1.165) is 21.2 Å². The van der Waals surface area contributed by atoms with Crippen LogP contribution in [0.5, 0.6) is 0 Å². The molecular weight excluding hydrogens is 334 g/mol. The second-order valence-electron chi connectivity index (χ2n) is 5.14. The number of benzene rings is 2. The predicted molar refractivity (Wildman–Crippen MR) is 93.6 cm³/mol. The highest BCUT2D eigenvalue weighted by atomic mass is 35.5. The third-order valence-corrected chi connectivity index (χ3v) is 4.96. The first-order valence-electron chi connectivity index (χ1n) is 6.99. The molecule has 0 unspecified atom stereocenters. The summed E-state index contributed by atoms with van der Waals surface area (Å²) in [4.78, 5) is 22.6. The fraction of sp³-hybridized carbons (Fsp3) is 0.118. The SMILES string of the molecule is O=c1sc2ccccc2cc1CCc1ccc(Cl)c([N+](=O)[O-])c1. The van der Waals surface area contributed by atoms with Crippen molar-refractivity contribution in [2.75, 3.05) is 0 Å². The smallest absolute Gasteiger partial charge is 0.278 e. The summed E-state index contributed by atoms with van der Waals surface area (Å²) in [5, 5.41) is 12.1. The number of rotatable bonds is 4. The summed E-state index contributed by atoms with van der Waals surface area (Å²) in [5.41, 5.74) is 1.41. The zero-order chi connectivity index (χ0) is 16.4. The van der Waals surface area contributed by atoms with E-state index in [9.17, 15) is 14.9 Å². The molecule has 0 fully saturated rings. The van der Waals surface area contributed by atoms with Crippen LogP contribution in [-0.4, -0.2) is 4.92 Å². The first-order chi connectivity index (χ1) is 11.0. The molecule has 23 heavy (non-hydrogen) atoms. The van der Waals surface area contributed by atoms with Gasteiger partial charge in [0.15, 0.2) is 0 Å². The van der Waals surface area contributed by atoms with E-state index in [0.29, 0.717) is 12.8 Å². The van der Waals surface area contributed by atoms with Gasteiger partial charge in [0, 0.05) is 16.3 Å². The van der Waals surface area contributed by atoms with Crippen molar-refractivity contribution in [3.8, 4) is 0 Å². The zero-order valence-corrected chi connectivity index (χ0v) is 13.6. The van der Waals surface area contributed by atoms with Crippen molar-refractivity contribution in [2.45, 2.75) is 12.8 Å². The Balaban J connectivity index is 1.86. The van der Waals surface area contributed by atoms with Crippen LogP contribution in [0.4, 0.5) is 5.69 Å². The number of nitrogens with zero attached hydrogens (tertiary/aromatic N) is 1. The number of hydrogen-bond donors (Lipinski definition) is 0. The molecule has 116 valence electrons.